The van der Waals surface area contributed by atoms with Crippen molar-refractivity contribution in [1.82, 2.24) is 9.80 Å². The number of carbonyl (C=O) groups is 1. The van der Waals surface area contributed by atoms with E-state index < -0.39 is 0 Å². The van der Waals surface area contributed by atoms with Gasteiger partial charge in [-0.25, -0.2) is 0 Å². The zero-order chi connectivity index (χ0) is 20.2. The van der Waals surface area contributed by atoms with Crippen molar-refractivity contribution in [3.63, 3.8) is 0 Å². The number of nitrogens with zero attached hydrogens (tertiary/aromatic N) is 2. The Kier molecular flexibility index (Phi) is 6.79. The summed E-state index contributed by atoms with van der Waals surface area (Å²) in [5.41, 5.74) is 3.04. The van der Waals surface area contributed by atoms with Crippen molar-refractivity contribution in [2.24, 2.45) is 11.8 Å². The second kappa shape index (κ2) is 9.51. The van der Waals surface area contributed by atoms with Gasteiger partial charge < -0.3 is 14.5 Å². The number of likely N-dealkylation sites (tertiary alicyclic amines) is 1. The van der Waals surface area contributed by atoms with Gasteiger partial charge in [0.1, 0.15) is 5.75 Å². The monoisotopic (exact) mass is 398 g/mol. The lowest BCUT2D eigenvalue weighted by atomic mass is 9.79. The van der Waals surface area contributed by atoms with Gasteiger partial charge in [0.15, 0.2) is 0 Å². The number of amides is 1. The van der Waals surface area contributed by atoms with Gasteiger partial charge in [0.2, 0.25) is 5.91 Å². The number of hydrogen-bond acceptors (Lipinski definition) is 3. The van der Waals surface area contributed by atoms with E-state index in [2.05, 4.69) is 23.1 Å². The van der Waals surface area contributed by atoms with Gasteiger partial charge in [-0.2, -0.15) is 0 Å². The SMILES string of the molecule is CN(C)C(=O)CC1CCC(CCN2CCC(c3cccc4c3CCO4)CC2)CC1. The molecule has 0 bridgehead atoms. The van der Waals surface area contributed by atoms with Crippen LogP contribution in [0.4, 0.5) is 0 Å². The molecule has 1 aromatic rings. The highest BCUT2D eigenvalue weighted by molar-refractivity contribution is 5.75. The summed E-state index contributed by atoms with van der Waals surface area (Å²) < 4.78 is 5.77. The van der Waals surface area contributed by atoms with Crippen molar-refractivity contribution in [1.29, 1.82) is 0 Å². The summed E-state index contributed by atoms with van der Waals surface area (Å²) in [4.78, 5) is 16.4. The molecule has 1 aromatic carbocycles. The highest BCUT2D eigenvalue weighted by Gasteiger charge is 2.27. The second-order valence-electron chi connectivity index (χ2n) is 9.71. The normalized spacial score (nSPS) is 25.4. The first kappa shape index (κ1) is 20.7. The molecule has 4 rings (SSSR count). The molecule has 160 valence electrons. The predicted molar refractivity (Wildman–Crippen MR) is 117 cm³/mol. The van der Waals surface area contributed by atoms with E-state index in [4.69, 9.17) is 4.74 Å². The van der Waals surface area contributed by atoms with Crippen molar-refractivity contribution in [3.8, 4) is 5.75 Å². The third-order valence-corrected chi connectivity index (χ3v) is 7.59. The molecule has 4 nitrogen and oxygen atoms in total. The Labute approximate surface area is 176 Å². The molecule has 4 heteroatoms. The van der Waals surface area contributed by atoms with Crippen LogP contribution in [-0.4, -0.2) is 56.0 Å². The fourth-order valence-corrected chi connectivity index (χ4v) is 5.62. The summed E-state index contributed by atoms with van der Waals surface area (Å²) in [7, 11) is 3.74. The average molecular weight is 399 g/mol. The Hall–Kier alpha value is -1.55. The van der Waals surface area contributed by atoms with E-state index in [1.807, 2.05) is 14.1 Å². The van der Waals surface area contributed by atoms with Crippen LogP contribution in [-0.2, 0) is 11.2 Å². The summed E-state index contributed by atoms with van der Waals surface area (Å²) >= 11 is 0. The first-order chi connectivity index (χ1) is 14.1. The predicted octanol–water partition coefficient (Wildman–Crippen LogP) is 4.48. The summed E-state index contributed by atoms with van der Waals surface area (Å²) in [5.74, 6) is 3.63. The van der Waals surface area contributed by atoms with Gasteiger partial charge in [-0.3, -0.25) is 4.79 Å². The van der Waals surface area contributed by atoms with Crippen molar-refractivity contribution in [2.75, 3.05) is 40.3 Å². The number of rotatable bonds is 6. The number of carbonyl (C=O) groups excluding carboxylic acids is 1. The fourth-order valence-electron chi connectivity index (χ4n) is 5.62. The summed E-state index contributed by atoms with van der Waals surface area (Å²) in [6.07, 6.45) is 10.9. The Morgan fingerprint density at radius 2 is 1.79 bits per heavy atom. The van der Waals surface area contributed by atoms with Crippen LogP contribution in [0.25, 0.3) is 0 Å². The van der Waals surface area contributed by atoms with Gasteiger partial charge in [0.05, 0.1) is 6.61 Å². The molecular formula is C25H38N2O2. The first-order valence-electron chi connectivity index (χ1n) is 11.8. The highest BCUT2D eigenvalue weighted by Crippen LogP contribution is 2.37. The summed E-state index contributed by atoms with van der Waals surface area (Å²) in [6.45, 7) is 4.59. The number of benzene rings is 1. The average Bonchev–Trinajstić information content (AvgIpc) is 3.22. The molecule has 0 N–H and O–H groups in total. The van der Waals surface area contributed by atoms with Crippen LogP contribution < -0.4 is 4.74 Å². The molecule has 2 aliphatic heterocycles. The molecule has 2 fully saturated rings. The molecule has 0 atom stereocenters. The van der Waals surface area contributed by atoms with E-state index in [1.54, 1.807) is 10.5 Å². The van der Waals surface area contributed by atoms with Gasteiger partial charge >= 0.3 is 0 Å². The zero-order valence-corrected chi connectivity index (χ0v) is 18.4. The Bertz CT molecular complexity index is 686. The molecule has 2 heterocycles. The molecule has 1 amide bonds. The maximum absolute atomic E-state index is 11.9. The van der Waals surface area contributed by atoms with Crippen LogP contribution in [0.1, 0.15) is 68.4 Å². The number of hydrogen-bond donors (Lipinski definition) is 0. The molecule has 0 spiro atoms. The van der Waals surface area contributed by atoms with Gasteiger partial charge in [-0.05, 0) is 81.1 Å². The Morgan fingerprint density at radius 3 is 2.52 bits per heavy atom. The van der Waals surface area contributed by atoms with Gasteiger partial charge in [0.25, 0.3) is 0 Å². The third-order valence-electron chi connectivity index (χ3n) is 7.59. The van der Waals surface area contributed by atoms with Gasteiger partial charge in [-0.15, -0.1) is 0 Å². The van der Waals surface area contributed by atoms with E-state index in [-0.39, 0.29) is 0 Å². The lowest BCUT2D eigenvalue weighted by Gasteiger charge is -2.35. The number of fused-ring (bicyclic) bond motifs is 1. The maximum atomic E-state index is 11.9. The van der Waals surface area contributed by atoms with Gasteiger partial charge in [-0.1, -0.05) is 25.0 Å². The van der Waals surface area contributed by atoms with Crippen molar-refractivity contribution < 1.29 is 9.53 Å². The van der Waals surface area contributed by atoms with Crippen LogP contribution in [0, 0.1) is 11.8 Å². The quantitative estimate of drug-likeness (QED) is 0.708. The van der Waals surface area contributed by atoms with Crippen LogP contribution in [0.15, 0.2) is 18.2 Å². The molecule has 0 unspecified atom stereocenters. The Balaban J connectivity index is 1.17. The van der Waals surface area contributed by atoms with Crippen molar-refractivity contribution in [3.05, 3.63) is 29.3 Å². The first-order valence-corrected chi connectivity index (χ1v) is 11.8. The van der Waals surface area contributed by atoms with E-state index in [9.17, 15) is 4.79 Å². The number of ether oxygens (including phenoxy) is 1. The summed E-state index contributed by atoms with van der Waals surface area (Å²) in [6, 6.07) is 6.65. The number of piperidine rings is 1. The zero-order valence-electron chi connectivity index (χ0n) is 18.4. The van der Waals surface area contributed by atoms with Crippen molar-refractivity contribution >= 4 is 5.91 Å². The molecular weight excluding hydrogens is 360 g/mol. The van der Waals surface area contributed by atoms with Crippen LogP contribution in [0.5, 0.6) is 5.75 Å². The Morgan fingerprint density at radius 1 is 1.07 bits per heavy atom. The topological polar surface area (TPSA) is 32.8 Å². The smallest absolute Gasteiger partial charge is 0.222 e. The molecule has 29 heavy (non-hydrogen) atoms. The molecule has 1 saturated carbocycles. The minimum atomic E-state index is 0.298. The molecule has 3 aliphatic rings. The third kappa shape index (κ3) is 5.14. The second-order valence-corrected chi connectivity index (χ2v) is 9.71. The minimum Gasteiger partial charge on any atom is -0.493 e. The minimum absolute atomic E-state index is 0.298. The maximum Gasteiger partial charge on any atom is 0.222 e. The van der Waals surface area contributed by atoms with Gasteiger partial charge in [0, 0.05) is 32.5 Å². The van der Waals surface area contributed by atoms with E-state index in [0.717, 1.165) is 31.1 Å². The van der Waals surface area contributed by atoms with Crippen LogP contribution in [0.3, 0.4) is 0 Å². The molecule has 1 saturated heterocycles. The molecule has 0 aromatic heterocycles. The lowest BCUT2D eigenvalue weighted by molar-refractivity contribution is -0.130. The summed E-state index contributed by atoms with van der Waals surface area (Å²) in [5, 5.41) is 0. The van der Waals surface area contributed by atoms with E-state index in [0.29, 0.717) is 17.7 Å². The van der Waals surface area contributed by atoms with Crippen molar-refractivity contribution in [2.45, 2.75) is 63.7 Å². The van der Waals surface area contributed by atoms with Crippen LogP contribution in [0.2, 0.25) is 0 Å². The molecule has 1 aliphatic carbocycles. The van der Waals surface area contributed by atoms with E-state index >= 15 is 0 Å². The van der Waals surface area contributed by atoms with E-state index in [1.165, 1.54) is 70.1 Å². The standard InChI is InChI=1S/C25H38N2O2/c1-26(2)25(28)18-20-8-6-19(7-9-20)10-14-27-15-11-21(12-16-27)22-4-3-5-24-23(22)13-17-29-24/h3-5,19-21H,6-18H2,1-2H3. The van der Waals surface area contributed by atoms with Crippen LogP contribution >= 0.6 is 0 Å². The lowest BCUT2D eigenvalue weighted by Crippen LogP contribution is -2.35. The highest BCUT2D eigenvalue weighted by atomic mass is 16.5. The largest absolute Gasteiger partial charge is 0.493 e. The molecule has 0 radical (unpaired) electrons. The fraction of sp³-hybridized carbons (Fsp3) is 0.720.